The van der Waals surface area contributed by atoms with E-state index < -0.39 is 0 Å². The zero-order chi connectivity index (χ0) is 13.1. The zero-order valence-corrected chi connectivity index (χ0v) is 11.5. The monoisotopic (exact) mass is 246 g/mol. The molecule has 0 spiro atoms. The molecule has 0 saturated carbocycles. The van der Waals surface area contributed by atoms with E-state index in [-0.39, 0.29) is 5.91 Å². The van der Waals surface area contributed by atoms with Crippen LogP contribution in [-0.4, -0.2) is 26.0 Å². The van der Waals surface area contributed by atoms with Crippen LogP contribution in [-0.2, 0) is 17.6 Å². The molecule has 2 rings (SSSR count). The van der Waals surface area contributed by atoms with Gasteiger partial charge in [-0.15, -0.1) is 0 Å². The van der Waals surface area contributed by atoms with Gasteiger partial charge >= 0.3 is 0 Å². The van der Waals surface area contributed by atoms with E-state index in [1.165, 1.54) is 11.1 Å². The predicted molar refractivity (Wildman–Crippen MR) is 75.0 cm³/mol. The van der Waals surface area contributed by atoms with Gasteiger partial charge in [0.1, 0.15) is 0 Å². The van der Waals surface area contributed by atoms with E-state index in [2.05, 4.69) is 30.4 Å². The molecule has 98 valence electrons. The minimum absolute atomic E-state index is 0.219. The molecule has 18 heavy (non-hydrogen) atoms. The van der Waals surface area contributed by atoms with Crippen LogP contribution in [0, 0.1) is 0 Å². The van der Waals surface area contributed by atoms with Crippen LogP contribution in [0.1, 0.15) is 30.9 Å². The average Bonchev–Trinajstić information content (AvgIpc) is 2.40. The Hall–Kier alpha value is -1.35. The van der Waals surface area contributed by atoms with Crippen molar-refractivity contribution in [2.24, 2.45) is 0 Å². The summed E-state index contributed by atoms with van der Waals surface area (Å²) in [4.78, 5) is 13.4. The number of benzene rings is 1. The van der Waals surface area contributed by atoms with Gasteiger partial charge in [0.15, 0.2) is 0 Å². The molecule has 0 aromatic heterocycles. The van der Waals surface area contributed by atoms with Crippen molar-refractivity contribution in [2.45, 2.75) is 38.6 Å². The molecule has 1 aromatic carbocycles. The lowest BCUT2D eigenvalue weighted by atomic mass is 9.96. The van der Waals surface area contributed by atoms with Gasteiger partial charge in [0.25, 0.3) is 0 Å². The maximum absolute atomic E-state index is 11.6. The molecular formula is C15H22N2O. The first-order chi connectivity index (χ1) is 8.65. The number of likely N-dealkylation sites (N-methyl/N-ethyl adjacent to an activating group) is 1. The summed E-state index contributed by atoms with van der Waals surface area (Å²) in [5.74, 6) is 0.219. The van der Waals surface area contributed by atoms with Crippen LogP contribution < -0.4 is 10.2 Å². The van der Waals surface area contributed by atoms with Crippen molar-refractivity contribution in [3.05, 3.63) is 29.3 Å². The van der Waals surface area contributed by atoms with Crippen molar-refractivity contribution < 1.29 is 4.79 Å². The van der Waals surface area contributed by atoms with E-state index in [0.29, 0.717) is 12.5 Å². The van der Waals surface area contributed by atoms with Gasteiger partial charge in [0.05, 0.1) is 0 Å². The summed E-state index contributed by atoms with van der Waals surface area (Å²) < 4.78 is 0. The molecule has 0 fully saturated rings. The standard InChI is InChI=1S/C15H22N2O/c1-4-13(16-2)10-11-5-7-14-12(9-11)6-8-15(18)17(14)3/h5,7,9,13,16H,4,6,8,10H2,1-3H3. The average molecular weight is 246 g/mol. The Bertz CT molecular complexity index is 438. The van der Waals surface area contributed by atoms with Crippen LogP contribution in [0.2, 0.25) is 0 Å². The third kappa shape index (κ3) is 2.56. The first-order valence-corrected chi connectivity index (χ1v) is 6.71. The van der Waals surface area contributed by atoms with E-state index in [1.54, 1.807) is 4.90 Å². The largest absolute Gasteiger partial charge is 0.317 e. The van der Waals surface area contributed by atoms with Gasteiger partial charge in [-0.25, -0.2) is 0 Å². The number of amides is 1. The molecule has 0 aliphatic carbocycles. The minimum Gasteiger partial charge on any atom is -0.317 e. The van der Waals surface area contributed by atoms with Gasteiger partial charge in [0, 0.05) is 25.2 Å². The van der Waals surface area contributed by atoms with Crippen LogP contribution in [0.4, 0.5) is 5.69 Å². The highest BCUT2D eigenvalue weighted by Gasteiger charge is 2.20. The highest BCUT2D eigenvalue weighted by molar-refractivity contribution is 5.95. The molecule has 1 aromatic rings. The highest BCUT2D eigenvalue weighted by Crippen LogP contribution is 2.27. The molecule has 1 aliphatic heterocycles. The van der Waals surface area contributed by atoms with E-state index in [9.17, 15) is 4.79 Å². The first-order valence-electron chi connectivity index (χ1n) is 6.71. The Kier molecular flexibility index (Phi) is 4.02. The van der Waals surface area contributed by atoms with Gasteiger partial charge in [0.2, 0.25) is 5.91 Å². The molecular weight excluding hydrogens is 224 g/mol. The minimum atomic E-state index is 0.219. The van der Waals surface area contributed by atoms with Crippen LogP contribution in [0.5, 0.6) is 0 Å². The maximum Gasteiger partial charge on any atom is 0.227 e. The quantitative estimate of drug-likeness (QED) is 0.882. The van der Waals surface area contributed by atoms with Crippen LogP contribution in [0.15, 0.2) is 18.2 Å². The molecule has 1 atom stereocenters. The number of nitrogens with zero attached hydrogens (tertiary/aromatic N) is 1. The van der Waals surface area contributed by atoms with Crippen LogP contribution in [0.25, 0.3) is 0 Å². The number of carbonyl (C=O) groups is 1. The molecule has 3 heteroatoms. The number of hydrogen-bond acceptors (Lipinski definition) is 2. The molecule has 1 aliphatic rings. The van der Waals surface area contributed by atoms with E-state index in [0.717, 1.165) is 24.9 Å². The summed E-state index contributed by atoms with van der Waals surface area (Å²) in [5.41, 5.74) is 3.74. The molecule has 1 unspecified atom stereocenters. The lowest BCUT2D eigenvalue weighted by Crippen LogP contribution is -2.31. The van der Waals surface area contributed by atoms with Crippen LogP contribution >= 0.6 is 0 Å². The SMILES string of the molecule is CCC(Cc1ccc2c(c1)CCC(=O)N2C)NC. The molecule has 3 nitrogen and oxygen atoms in total. The van der Waals surface area contributed by atoms with E-state index >= 15 is 0 Å². The Morgan fingerprint density at radius 1 is 1.39 bits per heavy atom. The Morgan fingerprint density at radius 3 is 2.83 bits per heavy atom. The summed E-state index contributed by atoms with van der Waals surface area (Å²) in [5, 5.41) is 3.33. The number of carbonyl (C=O) groups excluding carboxylic acids is 1. The number of nitrogens with one attached hydrogen (secondary N) is 1. The van der Waals surface area contributed by atoms with E-state index in [4.69, 9.17) is 0 Å². The van der Waals surface area contributed by atoms with E-state index in [1.807, 2.05) is 14.1 Å². The highest BCUT2D eigenvalue weighted by atomic mass is 16.2. The fourth-order valence-corrected chi connectivity index (χ4v) is 2.57. The Morgan fingerprint density at radius 2 is 2.17 bits per heavy atom. The van der Waals surface area contributed by atoms with Crippen molar-refractivity contribution in [1.29, 1.82) is 0 Å². The second-order valence-corrected chi connectivity index (χ2v) is 5.01. The lowest BCUT2D eigenvalue weighted by Gasteiger charge is -2.26. The van der Waals surface area contributed by atoms with Gasteiger partial charge in [-0.05, 0) is 43.5 Å². The topological polar surface area (TPSA) is 32.3 Å². The first kappa shape index (κ1) is 13.1. The third-order valence-corrected chi connectivity index (χ3v) is 3.87. The van der Waals surface area contributed by atoms with Crippen molar-refractivity contribution in [2.75, 3.05) is 19.0 Å². The normalized spacial score (nSPS) is 16.6. The molecule has 0 radical (unpaired) electrons. The van der Waals surface area contributed by atoms with Crippen molar-refractivity contribution in [3.8, 4) is 0 Å². The molecule has 0 bridgehead atoms. The van der Waals surface area contributed by atoms with Crippen molar-refractivity contribution in [3.63, 3.8) is 0 Å². The fourth-order valence-electron chi connectivity index (χ4n) is 2.57. The summed E-state index contributed by atoms with van der Waals surface area (Å²) in [6.07, 6.45) is 3.70. The van der Waals surface area contributed by atoms with Gasteiger partial charge in [-0.2, -0.15) is 0 Å². The molecule has 1 amide bonds. The van der Waals surface area contributed by atoms with Gasteiger partial charge in [-0.1, -0.05) is 19.1 Å². The molecule has 1 heterocycles. The second kappa shape index (κ2) is 5.53. The lowest BCUT2D eigenvalue weighted by molar-refractivity contribution is -0.118. The Labute approximate surface area is 109 Å². The van der Waals surface area contributed by atoms with Crippen molar-refractivity contribution >= 4 is 11.6 Å². The Balaban J connectivity index is 2.20. The van der Waals surface area contributed by atoms with Gasteiger partial charge < -0.3 is 10.2 Å². The number of aryl methyl sites for hydroxylation is 1. The summed E-state index contributed by atoms with van der Waals surface area (Å²) >= 11 is 0. The number of rotatable bonds is 4. The smallest absolute Gasteiger partial charge is 0.227 e. The number of anilines is 1. The summed E-state index contributed by atoms with van der Waals surface area (Å²) in [7, 11) is 3.88. The zero-order valence-electron chi connectivity index (χ0n) is 11.5. The van der Waals surface area contributed by atoms with Gasteiger partial charge in [-0.3, -0.25) is 4.79 Å². The molecule has 1 N–H and O–H groups in total. The second-order valence-electron chi connectivity index (χ2n) is 5.01. The fraction of sp³-hybridized carbons (Fsp3) is 0.533. The summed E-state index contributed by atoms with van der Waals surface area (Å²) in [6.45, 7) is 2.20. The predicted octanol–water partition coefficient (Wildman–Crippen LogP) is 2.14. The van der Waals surface area contributed by atoms with Crippen LogP contribution in [0.3, 0.4) is 0 Å². The maximum atomic E-state index is 11.6. The number of fused-ring (bicyclic) bond motifs is 1. The van der Waals surface area contributed by atoms with Crippen molar-refractivity contribution in [1.82, 2.24) is 5.32 Å². The summed E-state index contributed by atoms with van der Waals surface area (Å²) in [6, 6.07) is 7.03. The third-order valence-electron chi connectivity index (χ3n) is 3.87. The number of hydrogen-bond donors (Lipinski definition) is 1. The molecule has 0 saturated heterocycles.